The molecule has 0 saturated carbocycles. The van der Waals surface area contributed by atoms with Crippen LogP contribution in [0.4, 0.5) is 5.69 Å². The first-order valence-corrected chi connectivity index (χ1v) is 6.24. The van der Waals surface area contributed by atoms with Gasteiger partial charge < -0.3 is 10.1 Å². The van der Waals surface area contributed by atoms with Crippen molar-refractivity contribution in [3.05, 3.63) is 52.8 Å². The molecule has 0 aliphatic carbocycles. The number of rotatable bonds is 2. The number of anilines is 1. The Morgan fingerprint density at radius 3 is 2.80 bits per heavy atom. The fourth-order valence-electron chi connectivity index (χ4n) is 1.93. The molecule has 1 aromatic heterocycles. The number of ether oxygens (including phenoxy) is 1. The highest BCUT2D eigenvalue weighted by molar-refractivity contribution is 6.35. The number of fused-ring (bicyclic) bond motifs is 1. The van der Waals surface area contributed by atoms with Crippen molar-refractivity contribution in [2.24, 2.45) is 0 Å². The summed E-state index contributed by atoms with van der Waals surface area (Å²) in [7, 11) is 0. The second kappa shape index (κ2) is 4.94. The Morgan fingerprint density at radius 1 is 1.30 bits per heavy atom. The van der Waals surface area contributed by atoms with Crippen LogP contribution < -0.4 is 10.1 Å². The molecule has 0 radical (unpaired) electrons. The topological polar surface area (TPSA) is 68.3 Å². The van der Waals surface area contributed by atoms with Gasteiger partial charge in [0.15, 0.2) is 12.4 Å². The van der Waals surface area contributed by atoms with Crippen molar-refractivity contribution in [3.8, 4) is 5.75 Å². The van der Waals surface area contributed by atoms with Crippen LogP contribution in [0.2, 0.25) is 5.02 Å². The van der Waals surface area contributed by atoms with Crippen LogP contribution in [0.5, 0.6) is 5.75 Å². The zero-order valence-electron chi connectivity index (χ0n) is 10.2. The third kappa shape index (κ3) is 2.23. The SMILES string of the molecule is O=C1COc2cc(C(=O)c3ccncc3)c(Cl)cc2N1. The highest BCUT2D eigenvalue weighted by Gasteiger charge is 2.21. The maximum atomic E-state index is 12.4. The number of aromatic nitrogens is 1. The van der Waals surface area contributed by atoms with E-state index in [9.17, 15) is 9.59 Å². The number of carbonyl (C=O) groups excluding carboxylic acids is 2. The largest absolute Gasteiger partial charge is 0.482 e. The number of halogens is 1. The highest BCUT2D eigenvalue weighted by Crippen LogP contribution is 2.34. The molecule has 20 heavy (non-hydrogen) atoms. The number of pyridine rings is 1. The summed E-state index contributed by atoms with van der Waals surface area (Å²) in [6, 6.07) is 6.28. The first kappa shape index (κ1) is 12.6. The van der Waals surface area contributed by atoms with Crippen molar-refractivity contribution in [1.82, 2.24) is 4.98 Å². The van der Waals surface area contributed by atoms with Crippen molar-refractivity contribution in [1.29, 1.82) is 0 Å². The van der Waals surface area contributed by atoms with Crippen molar-refractivity contribution in [2.45, 2.75) is 0 Å². The number of ketones is 1. The fourth-order valence-corrected chi connectivity index (χ4v) is 2.18. The Kier molecular flexibility index (Phi) is 3.12. The van der Waals surface area contributed by atoms with Crippen LogP contribution in [0, 0.1) is 0 Å². The van der Waals surface area contributed by atoms with Gasteiger partial charge in [0.1, 0.15) is 5.75 Å². The van der Waals surface area contributed by atoms with E-state index in [0.717, 1.165) is 0 Å². The lowest BCUT2D eigenvalue weighted by molar-refractivity contribution is -0.118. The lowest BCUT2D eigenvalue weighted by Crippen LogP contribution is -2.25. The Bertz CT molecular complexity index is 701. The summed E-state index contributed by atoms with van der Waals surface area (Å²) >= 11 is 6.11. The minimum atomic E-state index is -0.248. The summed E-state index contributed by atoms with van der Waals surface area (Å²) in [4.78, 5) is 27.5. The third-order valence-corrected chi connectivity index (χ3v) is 3.20. The van der Waals surface area contributed by atoms with Gasteiger partial charge in [-0.1, -0.05) is 11.6 Å². The maximum absolute atomic E-state index is 12.4. The zero-order chi connectivity index (χ0) is 14.1. The van der Waals surface area contributed by atoms with Crippen LogP contribution in [-0.4, -0.2) is 23.3 Å². The molecule has 100 valence electrons. The van der Waals surface area contributed by atoms with Crippen LogP contribution in [-0.2, 0) is 4.79 Å². The Balaban J connectivity index is 2.03. The number of nitrogens with one attached hydrogen (secondary N) is 1. The summed E-state index contributed by atoms with van der Waals surface area (Å²) in [5.41, 5.74) is 1.28. The van der Waals surface area contributed by atoms with Crippen molar-refractivity contribution >= 4 is 29.0 Å². The molecule has 1 aliphatic rings. The molecule has 1 N–H and O–H groups in total. The number of carbonyl (C=O) groups is 2. The standard InChI is InChI=1S/C14H9ClN2O3/c15-10-6-11-12(20-7-13(18)17-11)5-9(10)14(19)8-1-3-16-4-2-8/h1-6H,7H2,(H,17,18). The van der Waals surface area contributed by atoms with Gasteiger partial charge in [-0.3, -0.25) is 14.6 Å². The molecule has 2 heterocycles. The van der Waals surface area contributed by atoms with E-state index >= 15 is 0 Å². The van der Waals surface area contributed by atoms with Crippen LogP contribution in [0.3, 0.4) is 0 Å². The van der Waals surface area contributed by atoms with Gasteiger partial charge in [0, 0.05) is 23.5 Å². The Hall–Kier alpha value is -2.40. The Labute approximate surface area is 119 Å². The zero-order valence-corrected chi connectivity index (χ0v) is 11.0. The number of nitrogens with zero attached hydrogens (tertiary/aromatic N) is 1. The predicted molar refractivity (Wildman–Crippen MR) is 73.2 cm³/mol. The fraction of sp³-hybridized carbons (Fsp3) is 0.0714. The first-order valence-electron chi connectivity index (χ1n) is 5.86. The Morgan fingerprint density at radius 2 is 2.05 bits per heavy atom. The summed E-state index contributed by atoms with van der Waals surface area (Å²) in [6.07, 6.45) is 3.08. The quantitative estimate of drug-likeness (QED) is 0.861. The van der Waals surface area contributed by atoms with Crippen LogP contribution >= 0.6 is 11.6 Å². The molecule has 1 amide bonds. The summed E-state index contributed by atoms with van der Waals surface area (Å²) in [5, 5.41) is 2.90. The molecular weight excluding hydrogens is 280 g/mol. The highest BCUT2D eigenvalue weighted by atomic mass is 35.5. The van der Waals surface area contributed by atoms with Crippen LogP contribution in [0.15, 0.2) is 36.7 Å². The van der Waals surface area contributed by atoms with Crippen molar-refractivity contribution < 1.29 is 14.3 Å². The molecule has 6 heteroatoms. The lowest BCUT2D eigenvalue weighted by Gasteiger charge is -2.19. The van der Waals surface area contributed by atoms with Gasteiger partial charge in [0.05, 0.1) is 10.7 Å². The maximum Gasteiger partial charge on any atom is 0.262 e. The number of amides is 1. The predicted octanol–water partition coefficient (Wildman–Crippen LogP) is 2.30. The molecule has 0 unspecified atom stereocenters. The summed E-state index contributed by atoms with van der Waals surface area (Å²) in [5.74, 6) is -0.0334. The molecule has 1 aromatic carbocycles. The second-order valence-electron chi connectivity index (χ2n) is 4.23. The van der Waals surface area contributed by atoms with Gasteiger partial charge in [0.2, 0.25) is 0 Å². The summed E-state index contributed by atoms with van der Waals surface area (Å²) in [6.45, 7) is -0.0719. The van der Waals surface area contributed by atoms with E-state index in [0.29, 0.717) is 22.6 Å². The van der Waals surface area contributed by atoms with Crippen LogP contribution in [0.25, 0.3) is 0 Å². The van der Waals surface area contributed by atoms with E-state index in [1.807, 2.05) is 0 Å². The smallest absolute Gasteiger partial charge is 0.262 e. The van der Waals surface area contributed by atoms with Crippen LogP contribution in [0.1, 0.15) is 15.9 Å². The molecule has 2 aromatic rings. The third-order valence-electron chi connectivity index (χ3n) is 2.89. The average molecular weight is 289 g/mol. The molecule has 3 rings (SSSR count). The monoisotopic (exact) mass is 288 g/mol. The van der Waals surface area contributed by atoms with E-state index in [1.165, 1.54) is 18.5 Å². The molecule has 0 fully saturated rings. The van der Waals surface area contributed by atoms with Gasteiger partial charge >= 0.3 is 0 Å². The molecule has 0 atom stereocenters. The minimum absolute atomic E-state index is 0.0719. The average Bonchev–Trinajstić information content (AvgIpc) is 2.46. The number of hydrogen-bond donors (Lipinski definition) is 1. The van der Waals surface area contributed by atoms with Gasteiger partial charge in [-0.15, -0.1) is 0 Å². The van der Waals surface area contributed by atoms with E-state index in [-0.39, 0.29) is 23.3 Å². The second-order valence-corrected chi connectivity index (χ2v) is 4.64. The molecule has 5 nitrogen and oxygen atoms in total. The number of hydrogen-bond acceptors (Lipinski definition) is 4. The first-order chi connectivity index (χ1) is 9.65. The van der Waals surface area contributed by atoms with Gasteiger partial charge in [-0.05, 0) is 24.3 Å². The van der Waals surface area contributed by atoms with E-state index in [2.05, 4.69) is 10.3 Å². The molecular formula is C14H9ClN2O3. The van der Waals surface area contributed by atoms with E-state index in [1.54, 1.807) is 18.2 Å². The number of benzene rings is 1. The molecule has 0 bridgehead atoms. The molecule has 0 saturated heterocycles. The molecule has 1 aliphatic heterocycles. The van der Waals surface area contributed by atoms with Crippen molar-refractivity contribution in [3.63, 3.8) is 0 Å². The van der Waals surface area contributed by atoms with Gasteiger partial charge in [0.25, 0.3) is 5.91 Å². The van der Waals surface area contributed by atoms with Gasteiger partial charge in [-0.2, -0.15) is 0 Å². The normalized spacial score (nSPS) is 13.2. The van der Waals surface area contributed by atoms with E-state index < -0.39 is 0 Å². The van der Waals surface area contributed by atoms with Gasteiger partial charge in [-0.25, -0.2) is 0 Å². The molecule has 0 spiro atoms. The van der Waals surface area contributed by atoms with Crippen molar-refractivity contribution in [2.75, 3.05) is 11.9 Å². The summed E-state index contributed by atoms with van der Waals surface area (Å²) < 4.78 is 5.28. The van der Waals surface area contributed by atoms with E-state index in [4.69, 9.17) is 16.3 Å². The minimum Gasteiger partial charge on any atom is -0.482 e. The lowest BCUT2D eigenvalue weighted by atomic mass is 10.0.